The third kappa shape index (κ3) is 4.13. The van der Waals surface area contributed by atoms with Gasteiger partial charge in [0.05, 0.1) is 17.5 Å². The van der Waals surface area contributed by atoms with E-state index in [-0.39, 0.29) is 5.56 Å². The first kappa shape index (κ1) is 18.0. The molecule has 4 heteroatoms. The summed E-state index contributed by atoms with van der Waals surface area (Å²) in [5.41, 5.74) is 0.678. The van der Waals surface area contributed by atoms with Crippen LogP contribution in [0.3, 0.4) is 0 Å². The molecular formula is C20H26N2O2. The zero-order valence-corrected chi connectivity index (χ0v) is 14.9. The number of fused-ring (bicyclic) bond motifs is 3. The molecule has 0 aliphatic heterocycles. The predicted octanol–water partition coefficient (Wildman–Crippen LogP) is 4.92. The van der Waals surface area contributed by atoms with Crippen LogP contribution < -0.4 is 10.3 Å². The van der Waals surface area contributed by atoms with Crippen molar-refractivity contribution in [2.75, 3.05) is 6.61 Å². The minimum atomic E-state index is -0.118. The van der Waals surface area contributed by atoms with E-state index in [9.17, 15) is 4.79 Å². The van der Waals surface area contributed by atoms with Gasteiger partial charge in [-0.2, -0.15) is 0 Å². The molecule has 3 rings (SSSR count). The summed E-state index contributed by atoms with van der Waals surface area (Å²) < 4.78 is 5.78. The van der Waals surface area contributed by atoms with Gasteiger partial charge < -0.3 is 9.72 Å². The van der Waals surface area contributed by atoms with Crippen LogP contribution in [0, 0.1) is 5.92 Å². The van der Waals surface area contributed by atoms with Crippen molar-refractivity contribution in [2.45, 2.75) is 40.5 Å². The number of rotatable bonds is 5. The largest absolute Gasteiger partial charge is 0.494 e. The lowest BCUT2D eigenvalue weighted by Crippen LogP contribution is -2.07. The average Bonchev–Trinajstić information content (AvgIpc) is 2.60. The molecule has 1 N–H and O–H groups in total. The van der Waals surface area contributed by atoms with Crippen molar-refractivity contribution in [1.82, 2.24) is 9.97 Å². The van der Waals surface area contributed by atoms with Crippen LogP contribution in [0.4, 0.5) is 0 Å². The molecule has 0 aliphatic rings. The zero-order chi connectivity index (χ0) is 17.5. The highest BCUT2D eigenvalue weighted by molar-refractivity contribution is 6.05. The highest BCUT2D eigenvalue weighted by atomic mass is 16.5. The predicted molar refractivity (Wildman–Crippen MR) is 101 cm³/mol. The molecule has 0 unspecified atom stereocenters. The van der Waals surface area contributed by atoms with Crippen LogP contribution >= 0.6 is 0 Å². The van der Waals surface area contributed by atoms with Gasteiger partial charge in [0.15, 0.2) is 0 Å². The lowest BCUT2D eigenvalue weighted by Gasteiger charge is -2.09. The van der Waals surface area contributed by atoms with Crippen LogP contribution in [0.5, 0.6) is 5.75 Å². The van der Waals surface area contributed by atoms with Crippen LogP contribution in [0.1, 0.15) is 40.5 Å². The van der Waals surface area contributed by atoms with Gasteiger partial charge in [-0.3, -0.25) is 9.78 Å². The highest BCUT2D eigenvalue weighted by Gasteiger charge is 2.06. The third-order valence-electron chi connectivity index (χ3n) is 3.79. The second kappa shape index (κ2) is 8.48. The van der Waals surface area contributed by atoms with Crippen molar-refractivity contribution in [3.05, 3.63) is 47.0 Å². The van der Waals surface area contributed by atoms with Crippen LogP contribution in [-0.4, -0.2) is 16.6 Å². The minimum Gasteiger partial charge on any atom is -0.494 e. The Morgan fingerprint density at radius 3 is 2.67 bits per heavy atom. The second-order valence-electron chi connectivity index (χ2n) is 5.97. The van der Waals surface area contributed by atoms with Gasteiger partial charge in [0.2, 0.25) is 0 Å². The average molecular weight is 326 g/mol. The summed E-state index contributed by atoms with van der Waals surface area (Å²) in [5, 5.41) is 2.53. The fraction of sp³-hybridized carbons (Fsp3) is 0.400. The van der Waals surface area contributed by atoms with E-state index in [1.165, 1.54) is 0 Å². The molecule has 0 atom stereocenters. The van der Waals surface area contributed by atoms with Gasteiger partial charge in [0.1, 0.15) is 5.75 Å². The van der Waals surface area contributed by atoms with Gasteiger partial charge in [-0.15, -0.1) is 0 Å². The van der Waals surface area contributed by atoms with Crippen LogP contribution in [0.15, 0.2) is 41.5 Å². The number of H-pyrrole nitrogens is 1. The van der Waals surface area contributed by atoms with E-state index >= 15 is 0 Å². The molecule has 0 bridgehead atoms. The van der Waals surface area contributed by atoms with Crippen molar-refractivity contribution >= 4 is 21.7 Å². The van der Waals surface area contributed by atoms with E-state index < -0.39 is 0 Å². The summed E-state index contributed by atoms with van der Waals surface area (Å²) in [7, 11) is 0. The van der Waals surface area contributed by atoms with Gasteiger partial charge in [0.25, 0.3) is 5.56 Å². The molecule has 1 aromatic carbocycles. The lowest BCUT2D eigenvalue weighted by atomic mass is 10.1. The summed E-state index contributed by atoms with van der Waals surface area (Å²) in [6.45, 7) is 9.12. The number of aromatic nitrogens is 2. The van der Waals surface area contributed by atoms with Gasteiger partial charge >= 0.3 is 0 Å². The number of benzene rings is 1. The zero-order valence-electron chi connectivity index (χ0n) is 14.9. The third-order valence-corrected chi connectivity index (χ3v) is 3.79. The van der Waals surface area contributed by atoms with Crippen molar-refractivity contribution in [3.63, 3.8) is 0 Å². The summed E-state index contributed by atoms with van der Waals surface area (Å²) in [5.74, 6) is 1.48. The molecular weight excluding hydrogens is 300 g/mol. The first-order valence-corrected chi connectivity index (χ1v) is 8.67. The Kier molecular flexibility index (Phi) is 6.36. The standard InChI is InChI=1S/C18H20N2O2.C2H6/c1-12(2)4-3-9-22-13-5-6-15-14-7-8-19-11-16(14)18(21)20-17(15)10-13;1-2/h5-8,10-12H,3-4,9H2,1-2H3,(H,20,21);1-2H3. The Morgan fingerprint density at radius 1 is 1.12 bits per heavy atom. The van der Waals surface area contributed by atoms with Gasteiger partial charge in [0, 0.05) is 23.8 Å². The maximum atomic E-state index is 12.1. The monoisotopic (exact) mass is 326 g/mol. The topological polar surface area (TPSA) is 55.0 Å². The Hall–Kier alpha value is -2.36. The first-order chi connectivity index (χ1) is 11.6. The lowest BCUT2D eigenvalue weighted by molar-refractivity contribution is 0.298. The molecule has 24 heavy (non-hydrogen) atoms. The number of nitrogens with zero attached hydrogens (tertiary/aromatic N) is 1. The van der Waals surface area contributed by atoms with E-state index in [1.807, 2.05) is 38.1 Å². The molecule has 0 radical (unpaired) electrons. The van der Waals surface area contributed by atoms with Crippen LogP contribution in [0.2, 0.25) is 0 Å². The molecule has 0 fully saturated rings. The van der Waals surface area contributed by atoms with Crippen molar-refractivity contribution in [3.8, 4) is 5.75 Å². The summed E-state index contributed by atoms with van der Waals surface area (Å²) in [6, 6.07) is 7.71. The Labute approximate surface area is 142 Å². The van der Waals surface area contributed by atoms with Crippen molar-refractivity contribution in [2.24, 2.45) is 5.92 Å². The van der Waals surface area contributed by atoms with Gasteiger partial charge in [-0.25, -0.2) is 0 Å². The molecule has 0 amide bonds. The highest BCUT2D eigenvalue weighted by Crippen LogP contribution is 2.24. The molecule has 0 aliphatic carbocycles. The minimum absolute atomic E-state index is 0.118. The van der Waals surface area contributed by atoms with E-state index in [0.29, 0.717) is 17.9 Å². The fourth-order valence-corrected chi connectivity index (χ4v) is 2.63. The number of ether oxygens (including phenoxy) is 1. The maximum Gasteiger partial charge on any atom is 0.257 e. The van der Waals surface area contributed by atoms with Gasteiger partial charge in [-0.05, 0) is 42.3 Å². The quantitative estimate of drug-likeness (QED) is 0.535. The molecule has 2 heterocycles. The molecule has 128 valence electrons. The smallest absolute Gasteiger partial charge is 0.257 e. The molecule has 0 spiro atoms. The molecule has 0 saturated carbocycles. The van der Waals surface area contributed by atoms with E-state index in [0.717, 1.165) is 34.9 Å². The maximum absolute atomic E-state index is 12.1. The second-order valence-corrected chi connectivity index (χ2v) is 5.97. The van der Waals surface area contributed by atoms with Crippen molar-refractivity contribution in [1.29, 1.82) is 0 Å². The normalized spacial score (nSPS) is 10.7. The van der Waals surface area contributed by atoms with E-state index in [4.69, 9.17) is 4.74 Å². The molecule has 3 aromatic rings. The molecule has 2 aromatic heterocycles. The number of nitrogens with one attached hydrogen (secondary N) is 1. The van der Waals surface area contributed by atoms with Crippen LogP contribution in [-0.2, 0) is 0 Å². The Bertz CT molecular complexity index is 853. The number of aromatic amines is 1. The Morgan fingerprint density at radius 2 is 1.92 bits per heavy atom. The van der Waals surface area contributed by atoms with Crippen molar-refractivity contribution < 1.29 is 4.74 Å². The molecule has 0 saturated heterocycles. The van der Waals surface area contributed by atoms with Crippen LogP contribution in [0.25, 0.3) is 21.7 Å². The summed E-state index contributed by atoms with van der Waals surface area (Å²) in [6.07, 6.45) is 5.50. The SMILES string of the molecule is CC.CC(C)CCCOc1ccc2c(c1)[nH]c(=O)c1cnccc12. The van der Waals surface area contributed by atoms with E-state index in [2.05, 4.69) is 23.8 Å². The first-order valence-electron chi connectivity index (χ1n) is 8.67. The number of hydrogen-bond acceptors (Lipinski definition) is 3. The summed E-state index contributed by atoms with van der Waals surface area (Å²) >= 11 is 0. The summed E-state index contributed by atoms with van der Waals surface area (Å²) in [4.78, 5) is 19.0. The fourth-order valence-electron chi connectivity index (χ4n) is 2.63. The molecule has 4 nitrogen and oxygen atoms in total. The van der Waals surface area contributed by atoms with Gasteiger partial charge in [-0.1, -0.05) is 27.7 Å². The number of hydrogen-bond donors (Lipinski definition) is 1. The number of pyridine rings is 2. The Balaban J connectivity index is 0.00000100. The van der Waals surface area contributed by atoms with E-state index in [1.54, 1.807) is 12.4 Å².